The third-order valence-electron chi connectivity index (χ3n) is 5.00. The third-order valence-corrected chi connectivity index (χ3v) is 5.00. The lowest BCUT2D eigenvalue weighted by Crippen LogP contribution is -2.30. The molecule has 2 aromatic carbocycles. The van der Waals surface area contributed by atoms with Crippen LogP contribution in [0.3, 0.4) is 0 Å². The van der Waals surface area contributed by atoms with Crippen LogP contribution in [0, 0.1) is 0 Å². The highest BCUT2D eigenvalue weighted by Gasteiger charge is 2.34. The lowest BCUT2D eigenvalue weighted by Gasteiger charge is -2.28. The summed E-state index contributed by atoms with van der Waals surface area (Å²) in [6.07, 6.45) is 0.239. The zero-order chi connectivity index (χ0) is 20.4. The Balaban J connectivity index is 1.66. The van der Waals surface area contributed by atoms with E-state index in [1.54, 1.807) is 18.2 Å². The minimum absolute atomic E-state index is 0.396. The number of hydrogen-bond donors (Lipinski definition) is 1. The number of piperidine rings is 1. The first-order chi connectivity index (χ1) is 13.9. The summed E-state index contributed by atoms with van der Waals surface area (Å²) in [6, 6.07) is 9.82. The van der Waals surface area contributed by atoms with Crippen LogP contribution in [0.5, 0.6) is 0 Å². The Kier molecular flexibility index (Phi) is 5.08. The fraction of sp³-hybridized carbons (Fsp3) is 0.286. The van der Waals surface area contributed by atoms with Gasteiger partial charge in [-0.25, -0.2) is 9.97 Å². The topological polar surface area (TPSA) is 58.1 Å². The number of nitrogens with one attached hydrogen (secondary N) is 1. The Bertz CT molecular complexity index is 1050. The number of hydrogen-bond acceptors (Lipinski definition) is 4. The first-order valence-corrected chi connectivity index (χ1v) is 9.41. The van der Waals surface area contributed by atoms with E-state index >= 15 is 0 Å². The van der Waals surface area contributed by atoms with E-state index in [9.17, 15) is 18.0 Å². The van der Waals surface area contributed by atoms with Gasteiger partial charge in [-0.3, -0.25) is 4.79 Å². The number of benzene rings is 2. The molecule has 4 rings (SSSR count). The lowest BCUT2D eigenvalue weighted by atomic mass is 10.1. The summed E-state index contributed by atoms with van der Waals surface area (Å²) in [5, 5.41) is 3.34. The molecular formula is C21H19F3N4O. The van der Waals surface area contributed by atoms with Crippen LogP contribution in [0.25, 0.3) is 10.9 Å². The van der Waals surface area contributed by atoms with Crippen molar-refractivity contribution in [1.29, 1.82) is 0 Å². The van der Waals surface area contributed by atoms with Crippen molar-refractivity contribution in [2.24, 2.45) is 0 Å². The molecule has 1 amide bonds. The molecule has 0 atom stereocenters. The summed E-state index contributed by atoms with van der Waals surface area (Å²) in [5.41, 5.74) is -0.266. The summed E-state index contributed by atoms with van der Waals surface area (Å²) in [6.45, 7) is 1.78. The van der Waals surface area contributed by atoms with Crippen LogP contribution in [0.2, 0.25) is 0 Å². The first-order valence-electron chi connectivity index (χ1n) is 9.41. The molecule has 0 bridgehead atoms. The van der Waals surface area contributed by atoms with Gasteiger partial charge in [0.2, 0.25) is 0 Å². The molecule has 1 aliphatic heterocycles. The average Bonchev–Trinajstić information content (AvgIpc) is 2.73. The summed E-state index contributed by atoms with van der Waals surface area (Å²) in [5.74, 6) is -0.0323. The molecule has 1 aliphatic rings. The Morgan fingerprint density at radius 1 is 1.00 bits per heavy atom. The Hall–Kier alpha value is -3.16. The van der Waals surface area contributed by atoms with Gasteiger partial charge in [-0.15, -0.1) is 0 Å². The SMILES string of the molecule is O=C(Nc1ccc2ncnc(N3CCCCC3)c2c1)c1ccccc1C(F)(F)F. The quantitative estimate of drug-likeness (QED) is 0.680. The summed E-state index contributed by atoms with van der Waals surface area (Å²) in [4.78, 5) is 23.4. The zero-order valence-corrected chi connectivity index (χ0v) is 15.5. The molecule has 1 saturated heterocycles. The van der Waals surface area contributed by atoms with Gasteiger partial charge in [-0.1, -0.05) is 12.1 Å². The number of anilines is 2. The number of amides is 1. The van der Waals surface area contributed by atoms with Crippen molar-refractivity contribution in [3.63, 3.8) is 0 Å². The van der Waals surface area contributed by atoms with Crippen molar-refractivity contribution in [3.8, 4) is 0 Å². The monoisotopic (exact) mass is 400 g/mol. The van der Waals surface area contributed by atoms with Crippen LogP contribution in [0.1, 0.15) is 35.2 Å². The standard InChI is InChI=1S/C21H19F3N4O/c22-21(23,24)17-7-3-2-6-15(17)20(29)27-14-8-9-18-16(12-14)19(26-13-25-18)28-10-4-1-5-11-28/h2-3,6-9,12-13H,1,4-5,10-11H2,(H,27,29). The molecule has 3 aromatic rings. The van der Waals surface area contributed by atoms with Crippen molar-refractivity contribution < 1.29 is 18.0 Å². The third kappa shape index (κ3) is 4.01. The molecule has 1 fully saturated rings. The molecule has 2 heterocycles. The molecule has 0 unspecified atom stereocenters. The number of carbonyl (C=O) groups excluding carboxylic acids is 1. The van der Waals surface area contributed by atoms with E-state index in [1.807, 2.05) is 0 Å². The molecule has 150 valence electrons. The lowest BCUT2D eigenvalue weighted by molar-refractivity contribution is -0.137. The summed E-state index contributed by atoms with van der Waals surface area (Å²) in [7, 11) is 0. The summed E-state index contributed by atoms with van der Waals surface area (Å²) < 4.78 is 39.6. The fourth-order valence-electron chi connectivity index (χ4n) is 3.61. The maximum absolute atomic E-state index is 13.2. The minimum atomic E-state index is -4.60. The van der Waals surface area contributed by atoms with Gasteiger partial charge < -0.3 is 10.2 Å². The van der Waals surface area contributed by atoms with Gasteiger partial charge in [0.25, 0.3) is 5.91 Å². The second-order valence-electron chi connectivity index (χ2n) is 6.97. The number of carbonyl (C=O) groups is 1. The average molecular weight is 400 g/mol. The number of rotatable bonds is 3. The molecule has 8 heteroatoms. The predicted molar refractivity (Wildman–Crippen MR) is 105 cm³/mol. The Morgan fingerprint density at radius 2 is 1.76 bits per heavy atom. The van der Waals surface area contributed by atoms with Gasteiger partial charge in [0, 0.05) is 24.2 Å². The van der Waals surface area contributed by atoms with Gasteiger partial charge in [0.1, 0.15) is 12.1 Å². The van der Waals surface area contributed by atoms with Crippen molar-refractivity contribution in [2.75, 3.05) is 23.3 Å². The predicted octanol–water partition coefficient (Wildman–Crippen LogP) is 4.89. The second kappa shape index (κ2) is 7.69. The van der Waals surface area contributed by atoms with E-state index in [-0.39, 0.29) is 0 Å². The number of aromatic nitrogens is 2. The van der Waals surface area contributed by atoms with Gasteiger partial charge in [-0.2, -0.15) is 13.2 Å². The normalized spacial score (nSPS) is 14.8. The molecule has 0 aliphatic carbocycles. The number of alkyl halides is 3. The molecule has 0 saturated carbocycles. The maximum Gasteiger partial charge on any atom is 0.417 e. The largest absolute Gasteiger partial charge is 0.417 e. The van der Waals surface area contributed by atoms with Crippen molar-refractivity contribution >= 4 is 28.3 Å². The second-order valence-corrected chi connectivity index (χ2v) is 6.97. The van der Waals surface area contributed by atoms with Crippen LogP contribution in [0.4, 0.5) is 24.7 Å². The van der Waals surface area contributed by atoms with Crippen LogP contribution in [-0.2, 0) is 6.18 Å². The van der Waals surface area contributed by atoms with Crippen LogP contribution < -0.4 is 10.2 Å². The number of halogens is 3. The van der Waals surface area contributed by atoms with E-state index < -0.39 is 23.2 Å². The van der Waals surface area contributed by atoms with E-state index in [1.165, 1.54) is 30.9 Å². The number of fused-ring (bicyclic) bond motifs is 1. The van der Waals surface area contributed by atoms with E-state index in [0.717, 1.165) is 43.2 Å². The van der Waals surface area contributed by atoms with E-state index in [2.05, 4.69) is 20.2 Å². The fourth-order valence-corrected chi connectivity index (χ4v) is 3.61. The molecule has 0 radical (unpaired) electrons. The molecular weight excluding hydrogens is 381 g/mol. The highest BCUT2D eigenvalue weighted by atomic mass is 19.4. The minimum Gasteiger partial charge on any atom is -0.356 e. The molecule has 1 aromatic heterocycles. The maximum atomic E-state index is 13.2. The molecule has 29 heavy (non-hydrogen) atoms. The van der Waals surface area contributed by atoms with Gasteiger partial charge >= 0.3 is 6.18 Å². The van der Waals surface area contributed by atoms with E-state index in [0.29, 0.717) is 11.2 Å². The molecule has 1 N–H and O–H groups in total. The van der Waals surface area contributed by atoms with Gasteiger partial charge in [-0.05, 0) is 49.6 Å². The van der Waals surface area contributed by atoms with Gasteiger partial charge in [0.05, 0.1) is 16.6 Å². The number of nitrogens with zero attached hydrogens (tertiary/aromatic N) is 3. The van der Waals surface area contributed by atoms with Crippen LogP contribution >= 0.6 is 0 Å². The van der Waals surface area contributed by atoms with Crippen molar-refractivity contribution in [3.05, 3.63) is 59.9 Å². The highest BCUT2D eigenvalue weighted by molar-refractivity contribution is 6.06. The smallest absolute Gasteiger partial charge is 0.356 e. The zero-order valence-electron chi connectivity index (χ0n) is 15.5. The van der Waals surface area contributed by atoms with Crippen molar-refractivity contribution in [1.82, 2.24) is 9.97 Å². The Labute approximate surface area is 165 Å². The van der Waals surface area contributed by atoms with Crippen molar-refractivity contribution in [2.45, 2.75) is 25.4 Å². The highest BCUT2D eigenvalue weighted by Crippen LogP contribution is 2.33. The first kappa shape index (κ1) is 19.2. The van der Waals surface area contributed by atoms with E-state index in [4.69, 9.17) is 0 Å². The Morgan fingerprint density at radius 3 is 2.52 bits per heavy atom. The summed E-state index contributed by atoms with van der Waals surface area (Å²) >= 11 is 0. The molecule has 0 spiro atoms. The van der Waals surface area contributed by atoms with Gasteiger partial charge in [0.15, 0.2) is 0 Å². The van der Waals surface area contributed by atoms with Crippen LogP contribution in [-0.4, -0.2) is 29.0 Å². The molecule has 5 nitrogen and oxygen atoms in total. The van der Waals surface area contributed by atoms with Crippen LogP contribution in [0.15, 0.2) is 48.8 Å².